The van der Waals surface area contributed by atoms with Gasteiger partial charge in [0.15, 0.2) is 0 Å². The van der Waals surface area contributed by atoms with Crippen molar-refractivity contribution < 1.29 is 17.9 Å². The van der Waals surface area contributed by atoms with Crippen LogP contribution in [0, 0.1) is 0 Å². The number of nitrogens with one attached hydrogen (secondary N) is 1. The number of esters is 1. The number of unbranched alkanes of at least 4 members (excludes halogenated alkanes) is 3. The predicted molar refractivity (Wildman–Crippen MR) is 132 cm³/mol. The molecule has 1 heterocycles. The number of carbonyl (C=O) groups is 1. The van der Waals surface area contributed by atoms with E-state index in [0.29, 0.717) is 18.2 Å². The van der Waals surface area contributed by atoms with Crippen LogP contribution >= 0.6 is 11.6 Å². The summed E-state index contributed by atoms with van der Waals surface area (Å²) < 4.78 is 32.3. The van der Waals surface area contributed by atoms with E-state index in [0.717, 1.165) is 56.9 Å². The van der Waals surface area contributed by atoms with Crippen molar-refractivity contribution in [2.75, 3.05) is 13.2 Å². The number of ether oxygens (including phenoxy) is 1. The van der Waals surface area contributed by atoms with Crippen molar-refractivity contribution in [3.8, 4) is 0 Å². The molecule has 0 fully saturated rings. The third kappa shape index (κ3) is 11.0. The fraction of sp³-hybridized carbons (Fsp3) is 0.440. The SMILES string of the molecule is CCOC(=O)/C=C(/CCCCCNS(=O)(=O)c1ccc(Cl)cc1)CCCCc1cccnc1. The maximum Gasteiger partial charge on any atom is 0.330 e. The molecule has 1 N–H and O–H groups in total. The summed E-state index contributed by atoms with van der Waals surface area (Å²) in [6.45, 7) is 2.52. The molecule has 0 aliphatic carbocycles. The minimum absolute atomic E-state index is 0.206. The zero-order valence-electron chi connectivity index (χ0n) is 19.1. The number of aromatic nitrogens is 1. The number of aryl methyl sites for hydroxylation is 1. The van der Waals surface area contributed by atoms with Gasteiger partial charge in [0.05, 0.1) is 11.5 Å². The highest BCUT2D eigenvalue weighted by Crippen LogP contribution is 2.18. The molecule has 1 aromatic carbocycles. The summed E-state index contributed by atoms with van der Waals surface area (Å²) in [5.41, 5.74) is 2.30. The van der Waals surface area contributed by atoms with Gasteiger partial charge in [0.25, 0.3) is 0 Å². The summed E-state index contributed by atoms with van der Waals surface area (Å²) >= 11 is 5.81. The molecular weight excluding hydrogens is 460 g/mol. The summed E-state index contributed by atoms with van der Waals surface area (Å²) in [7, 11) is -3.53. The Labute approximate surface area is 202 Å². The van der Waals surface area contributed by atoms with Gasteiger partial charge in [-0.25, -0.2) is 17.9 Å². The summed E-state index contributed by atoms with van der Waals surface area (Å²) in [6, 6.07) is 10.1. The van der Waals surface area contributed by atoms with E-state index in [1.54, 1.807) is 31.3 Å². The van der Waals surface area contributed by atoms with Gasteiger partial charge in [-0.3, -0.25) is 4.98 Å². The quantitative estimate of drug-likeness (QED) is 0.202. The van der Waals surface area contributed by atoms with Gasteiger partial charge in [0, 0.05) is 30.0 Å². The second-order valence-electron chi connectivity index (χ2n) is 7.79. The topological polar surface area (TPSA) is 85.4 Å². The Bertz CT molecular complexity index is 977. The van der Waals surface area contributed by atoms with Gasteiger partial charge >= 0.3 is 5.97 Å². The van der Waals surface area contributed by atoms with E-state index in [-0.39, 0.29) is 10.9 Å². The van der Waals surface area contributed by atoms with Crippen LogP contribution in [0.1, 0.15) is 57.4 Å². The van der Waals surface area contributed by atoms with Crippen molar-refractivity contribution >= 4 is 27.6 Å². The van der Waals surface area contributed by atoms with E-state index in [2.05, 4.69) is 15.8 Å². The smallest absolute Gasteiger partial charge is 0.330 e. The predicted octanol–water partition coefficient (Wildman–Crippen LogP) is 5.48. The summed E-state index contributed by atoms with van der Waals surface area (Å²) in [5, 5.41) is 0.498. The molecule has 0 unspecified atom stereocenters. The van der Waals surface area contributed by atoms with Crippen LogP contribution in [0.2, 0.25) is 5.02 Å². The van der Waals surface area contributed by atoms with E-state index in [4.69, 9.17) is 16.3 Å². The van der Waals surface area contributed by atoms with Crippen LogP contribution in [0.4, 0.5) is 0 Å². The normalized spacial score (nSPS) is 12.0. The fourth-order valence-electron chi connectivity index (χ4n) is 3.40. The van der Waals surface area contributed by atoms with Gasteiger partial charge in [-0.05, 0) is 87.8 Å². The minimum atomic E-state index is -3.53. The maximum absolute atomic E-state index is 12.3. The molecule has 2 aromatic rings. The first-order valence-corrected chi connectivity index (χ1v) is 13.3. The second kappa shape index (κ2) is 14.8. The maximum atomic E-state index is 12.3. The second-order valence-corrected chi connectivity index (χ2v) is 9.99. The molecule has 0 atom stereocenters. The molecule has 180 valence electrons. The van der Waals surface area contributed by atoms with E-state index < -0.39 is 10.0 Å². The first-order chi connectivity index (χ1) is 15.9. The van der Waals surface area contributed by atoms with Crippen LogP contribution in [0.15, 0.2) is 65.3 Å². The van der Waals surface area contributed by atoms with Crippen LogP contribution in [-0.2, 0) is 26.0 Å². The number of hydrogen-bond acceptors (Lipinski definition) is 5. The van der Waals surface area contributed by atoms with Crippen molar-refractivity contribution in [2.45, 2.75) is 63.2 Å². The van der Waals surface area contributed by atoms with E-state index in [1.165, 1.54) is 17.7 Å². The molecule has 2 rings (SSSR count). The number of nitrogens with zero attached hydrogens (tertiary/aromatic N) is 1. The number of hydrogen-bond donors (Lipinski definition) is 1. The lowest BCUT2D eigenvalue weighted by atomic mass is 9.99. The van der Waals surface area contributed by atoms with Crippen LogP contribution in [-0.4, -0.2) is 32.5 Å². The Morgan fingerprint density at radius 2 is 1.79 bits per heavy atom. The van der Waals surface area contributed by atoms with Crippen molar-refractivity contribution in [1.82, 2.24) is 9.71 Å². The molecule has 0 amide bonds. The standard InChI is InChI=1S/C25H33ClN2O4S/c1-2-32-25(29)19-21(10-5-6-11-22-12-8-17-27-20-22)9-4-3-7-18-28-33(30,31)24-15-13-23(26)14-16-24/h8,12-17,19-20,28H,2-7,9-11,18H2,1H3/b21-19-. The number of benzene rings is 1. The zero-order chi connectivity index (χ0) is 23.9. The third-order valence-corrected chi connectivity index (χ3v) is 6.86. The van der Waals surface area contributed by atoms with Gasteiger partial charge in [0.2, 0.25) is 10.0 Å². The lowest BCUT2D eigenvalue weighted by molar-refractivity contribution is -0.137. The molecule has 1 aromatic heterocycles. The Kier molecular flexibility index (Phi) is 12.1. The largest absolute Gasteiger partial charge is 0.463 e. The zero-order valence-corrected chi connectivity index (χ0v) is 20.7. The molecule has 0 saturated carbocycles. The van der Waals surface area contributed by atoms with Crippen molar-refractivity contribution in [3.63, 3.8) is 0 Å². The highest BCUT2D eigenvalue weighted by molar-refractivity contribution is 7.89. The Balaban J connectivity index is 1.72. The monoisotopic (exact) mass is 492 g/mol. The fourth-order valence-corrected chi connectivity index (χ4v) is 4.60. The number of rotatable bonds is 15. The number of halogens is 1. The summed E-state index contributed by atoms with van der Waals surface area (Å²) in [5.74, 6) is -0.296. The molecule has 0 spiro atoms. The van der Waals surface area contributed by atoms with Crippen LogP contribution in [0.5, 0.6) is 0 Å². The van der Waals surface area contributed by atoms with Gasteiger partial charge in [-0.15, -0.1) is 0 Å². The van der Waals surface area contributed by atoms with E-state index in [1.807, 2.05) is 12.3 Å². The highest BCUT2D eigenvalue weighted by Gasteiger charge is 2.12. The van der Waals surface area contributed by atoms with Crippen molar-refractivity contribution in [2.24, 2.45) is 0 Å². The molecule has 0 aliphatic heterocycles. The first-order valence-electron chi connectivity index (χ1n) is 11.4. The Hall–Kier alpha value is -2.22. The molecular formula is C25H33ClN2O4S. The number of pyridine rings is 1. The lowest BCUT2D eigenvalue weighted by Gasteiger charge is -2.09. The number of allylic oxidation sites excluding steroid dienone is 1. The van der Waals surface area contributed by atoms with E-state index >= 15 is 0 Å². The van der Waals surface area contributed by atoms with Crippen molar-refractivity contribution in [1.29, 1.82) is 0 Å². The minimum Gasteiger partial charge on any atom is -0.463 e. The number of sulfonamides is 1. The highest BCUT2D eigenvalue weighted by atomic mass is 35.5. The molecule has 33 heavy (non-hydrogen) atoms. The molecule has 8 heteroatoms. The third-order valence-electron chi connectivity index (χ3n) is 5.14. The van der Waals surface area contributed by atoms with E-state index in [9.17, 15) is 13.2 Å². The molecule has 0 aliphatic rings. The molecule has 0 saturated heterocycles. The average Bonchev–Trinajstić information content (AvgIpc) is 2.80. The van der Waals surface area contributed by atoms with Gasteiger partial charge in [-0.2, -0.15) is 0 Å². The van der Waals surface area contributed by atoms with Gasteiger partial charge in [-0.1, -0.05) is 29.7 Å². The molecule has 0 radical (unpaired) electrons. The van der Waals surface area contributed by atoms with Crippen LogP contribution < -0.4 is 4.72 Å². The Morgan fingerprint density at radius 1 is 1.06 bits per heavy atom. The van der Waals surface area contributed by atoms with Crippen LogP contribution in [0.25, 0.3) is 0 Å². The van der Waals surface area contributed by atoms with Gasteiger partial charge < -0.3 is 4.74 Å². The first kappa shape index (κ1) is 27.0. The average molecular weight is 493 g/mol. The molecule has 6 nitrogen and oxygen atoms in total. The Morgan fingerprint density at radius 3 is 2.45 bits per heavy atom. The summed E-state index contributed by atoms with van der Waals surface area (Å²) in [4.78, 5) is 16.3. The summed E-state index contributed by atoms with van der Waals surface area (Å²) in [6.07, 6.45) is 12.4. The molecule has 0 bridgehead atoms. The van der Waals surface area contributed by atoms with Gasteiger partial charge in [0.1, 0.15) is 0 Å². The van der Waals surface area contributed by atoms with Crippen LogP contribution in [0.3, 0.4) is 0 Å². The lowest BCUT2D eigenvalue weighted by Crippen LogP contribution is -2.24. The van der Waals surface area contributed by atoms with Crippen molar-refractivity contribution in [3.05, 3.63) is 71.0 Å². The number of carbonyl (C=O) groups excluding carboxylic acids is 1.